The van der Waals surface area contributed by atoms with Crippen LogP contribution in [0.2, 0.25) is 0 Å². The van der Waals surface area contributed by atoms with E-state index < -0.39 is 0 Å². The van der Waals surface area contributed by atoms with Crippen LogP contribution in [-0.4, -0.2) is 30.2 Å². The maximum atomic E-state index is 12.2. The van der Waals surface area contributed by atoms with Crippen molar-refractivity contribution in [2.24, 2.45) is 0 Å². The molecule has 0 saturated heterocycles. The molecule has 0 aliphatic rings. The molecule has 0 radical (unpaired) electrons. The van der Waals surface area contributed by atoms with Crippen LogP contribution in [0.15, 0.2) is 42.5 Å². The number of hydrogen-bond donors (Lipinski definition) is 2. The minimum absolute atomic E-state index is 0.0510. The summed E-state index contributed by atoms with van der Waals surface area (Å²) in [6, 6.07) is 10.1. The predicted molar refractivity (Wildman–Crippen MR) is 87.3 cm³/mol. The zero-order valence-electron chi connectivity index (χ0n) is 13.2. The van der Waals surface area contributed by atoms with Crippen molar-refractivity contribution in [3.8, 4) is 17.2 Å². The maximum absolute atomic E-state index is 12.2. The van der Waals surface area contributed by atoms with E-state index in [-0.39, 0.29) is 28.6 Å². The van der Waals surface area contributed by atoms with E-state index >= 15 is 0 Å². The van der Waals surface area contributed by atoms with Crippen molar-refractivity contribution in [2.45, 2.75) is 6.92 Å². The van der Waals surface area contributed by atoms with Crippen LogP contribution in [0.1, 0.15) is 21.5 Å². The fourth-order valence-electron chi connectivity index (χ4n) is 2.22. The molecular formula is C18H18O5. The minimum atomic E-state index is -0.377. The number of aliphatic hydroxyl groups is 1. The second-order valence-electron chi connectivity index (χ2n) is 4.89. The summed E-state index contributed by atoms with van der Waals surface area (Å²) in [4.78, 5) is 12.2. The zero-order valence-corrected chi connectivity index (χ0v) is 13.2. The number of hydrogen-bond acceptors (Lipinski definition) is 5. The average Bonchev–Trinajstić information content (AvgIpc) is 2.57. The van der Waals surface area contributed by atoms with Crippen molar-refractivity contribution in [3.05, 3.63) is 59.2 Å². The highest BCUT2D eigenvalue weighted by Crippen LogP contribution is 2.41. The zero-order chi connectivity index (χ0) is 17.0. The topological polar surface area (TPSA) is 76.0 Å². The summed E-state index contributed by atoms with van der Waals surface area (Å²) in [5, 5.41) is 20.6. The number of ether oxygens (including phenoxy) is 2. The molecule has 120 valence electrons. The van der Waals surface area contributed by atoms with E-state index in [2.05, 4.69) is 0 Å². The van der Waals surface area contributed by atoms with Crippen molar-refractivity contribution in [1.29, 1.82) is 0 Å². The van der Waals surface area contributed by atoms with E-state index in [0.29, 0.717) is 16.9 Å². The molecule has 0 atom stereocenters. The van der Waals surface area contributed by atoms with Crippen LogP contribution in [-0.2, 0) is 0 Å². The van der Waals surface area contributed by atoms with Gasteiger partial charge in [-0.3, -0.25) is 4.79 Å². The number of aromatic hydroxyl groups is 1. The van der Waals surface area contributed by atoms with E-state index in [4.69, 9.17) is 9.47 Å². The number of carbonyl (C=O) groups excluding carboxylic acids is 1. The van der Waals surface area contributed by atoms with Gasteiger partial charge in [-0.05, 0) is 6.92 Å². The second kappa shape index (κ2) is 6.87. The van der Waals surface area contributed by atoms with Crippen molar-refractivity contribution in [3.63, 3.8) is 0 Å². The first-order valence-electron chi connectivity index (χ1n) is 6.94. The highest BCUT2D eigenvalue weighted by Gasteiger charge is 2.20. The monoisotopic (exact) mass is 314 g/mol. The summed E-state index contributed by atoms with van der Waals surface area (Å²) < 4.78 is 10.3. The Morgan fingerprint density at radius 1 is 1.09 bits per heavy atom. The van der Waals surface area contributed by atoms with Gasteiger partial charge in [-0.25, -0.2) is 0 Å². The number of rotatable bonds is 5. The van der Waals surface area contributed by atoms with E-state index in [0.717, 1.165) is 6.08 Å². The summed E-state index contributed by atoms with van der Waals surface area (Å²) >= 11 is 0. The smallest absolute Gasteiger partial charge is 0.189 e. The Balaban J connectivity index is 2.50. The molecule has 0 aliphatic heterocycles. The fraction of sp³-hybridized carbons (Fsp3) is 0.167. The Labute approximate surface area is 134 Å². The van der Waals surface area contributed by atoms with Crippen LogP contribution >= 0.6 is 0 Å². The van der Waals surface area contributed by atoms with Gasteiger partial charge in [-0.15, -0.1) is 0 Å². The molecule has 0 aliphatic carbocycles. The summed E-state index contributed by atoms with van der Waals surface area (Å²) in [7, 11) is 2.87. The van der Waals surface area contributed by atoms with Crippen molar-refractivity contribution >= 4 is 11.5 Å². The Kier molecular flexibility index (Phi) is 4.91. The van der Waals surface area contributed by atoms with E-state index in [9.17, 15) is 15.0 Å². The lowest BCUT2D eigenvalue weighted by molar-refractivity contribution is 0.104. The van der Waals surface area contributed by atoms with E-state index in [1.807, 2.05) is 0 Å². The molecule has 0 heterocycles. The molecule has 0 amide bonds. The van der Waals surface area contributed by atoms with Gasteiger partial charge in [-0.2, -0.15) is 0 Å². The van der Waals surface area contributed by atoms with Crippen LogP contribution in [0.4, 0.5) is 0 Å². The Bertz CT molecular complexity index is 748. The lowest BCUT2D eigenvalue weighted by Crippen LogP contribution is -2.00. The van der Waals surface area contributed by atoms with E-state index in [1.165, 1.54) is 14.2 Å². The first kappa shape index (κ1) is 16.4. The molecule has 0 aromatic heterocycles. The number of carbonyl (C=O) groups is 1. The molecule has 2 N–H and O–H groups in total. The van der Waals surface area contributed by atoms with Crippen LogP contribution in [0.25, 0.3) is 5.76 Å². The summed E-state index contributed by atoms with van der Waals surface area (Å²) in [5.41, 5.74) is 0.924. The van der Waals surface area contributed by atoms with Gasteiger partial charge < -0.3 is 19.7 Å². The molecule has 2 aromatic rings. The van der Waals surface area contributed by atoms with Crippen LogP contribution in [0.5, 0.6) is 17.2 Å². The second-order valence-corrected chi connectivity index (χ2v) is 4.89. The molecular weight excluding hydrogens is 296 g/mol. The number of methoxy groups -OCH3 is 2. The predicted octanol–water partition coefficient (Wildman–Crippen LogP) is 3.50. The van der Waals surface area contributed by atoms with Crippen LogP contribution < -0.4 is 9.47 Å². The molecule has 0 fully saturated rings. The third kappa shape index (κ3) is 3.29. The lowest BCUT2D eigenvalue weighted by atomic mass is 10.0. The van der Waals surface area contributed by atoms with Crippen molar-refractivity contribution in [1.82, 2.24) is 0 Å². The van der Waals surface area contributed by atoms with Crippen LogP contribution in [0, 0.1) is 6.92 Å². The molecule has 0 unspecified atom stereocenters. The number of allylic oxidation sites excluding steroid dienone is 1. The molecule has 0 bridgehead atoms. The Morgan fingerprint density at radius 2 is 1.70 bits per heavy atom. The summed E-state index contributed by atoms with van der Waals surface area (Å²) in [6.07, 6.45) is 1.05. The summed E-state index contributed by atoms with van der Waals surface area (Å²) in [6.45, 7) is 1.64. The number of phenolic OH excluding ortho intramolecular Hbond substituents is 1. The van der Waals surface area contributed by atoms with Gasteiger partial charge in [-0.1, -0.05) is 30.3 Å². The number of phenols is 1. The molecule has 0 saturated carbocycles. The standard InChI is InChI=1S/C18H18O5/c1-11-15(22-2)10-16(23-3)17(18(11)21)14(20)9-13(19)12-7-5-4-6-8-12/h4-10,20-21H,1-3H3/b14-9+. The van der Waals surface area contributed by atoms with Gasteiger partial charge in [0.05, 0.1) is 14.2 Å². The number of benzene rings is 2. The quantitative estimate of drug-likeness (QED) is 0.502. The van der Waals surface area contributed by atoms with Gasteiger partial charge in [0.1, 0.15) is 28.6 Å². The normalized spacial score (nSPS) is 11.2. The van der Waals surface area contributed by atoms with Gasteiger partial charge in [0, 0.05) is 23.3 Å². The molecule has 2 aromatic carbocycles. The van der Waals surface area contributed by atoms with E-state index in [1.54, 1.807) is 43.3 Å². The molecule has 2 rings (SSSR count). The first-order valence-corrected chi connectivity index (χ1v) is 6.94. The third-order valence-corrected chi connectivity index (χ3v) is 3.49. The average molecular weight is 314 g/mol. The highest BCUT2D eigenvalue weighted by molar-refractivity contribution is 6.08. The molecule has 0 spiro atoms. The largest absolute Gasteiger partial charge is 0.507 e. The summed E-state index contributed by atoms with van der Waals surface area (Å²) in [5.74, 6) is -0.322. The lowest BCUT2D eigenvalue weighted by Gasteiger charge is -2.15. The Hall–Kier alpha value is -2.95. The van der Waals surface area contributed by atoms with Gasteiger partial charge in [0.25, 0.3) is 0 Å². The molecule has 5 nitrogen and oxygen atoms in total. The minimum Gasteiger partial charge on any atom is -0.507 e. The molecule has 23 heavy (non-hydrogen) atoms. The fourth-order valence-corrected chi connectivity index (χ4v) is 2.22. The molecule has 5 heteroatoms. The first-order chi connectivity index (χ1) is 11.0. The van der Waals surface area contributed by atoms with Gasteiger partial charge in [0.2, 0.25) is 0 Å². The highest BCUT2D eigenvalue weighted by atomic mass is 16.5. The van der Waals surface area contributed by atoms with Gasteiger partial charge in [0.15, 0.2) is 5.78 Å². The third-order valence-electron chi connectivity index (χ3n) is 3.49. The SMILES string of the molecule is COc1cc(OC)c(/C(O)=C\C(=O)c2ccccc2)c(O)c1C. The Morgan fingerprint density at radius 3 is 2.26 bits per heavy atom. The number of aliphatic hydroxyl groups excluding tert-OH is 1. The van der Waals surface area contributed by atoms with Crippen molar-refractivity contribution in [2.75, 3.05) is 14.2 Å². The van der Waals surface area contributed by atoms with Gasteiger partial charge >= 0.3 is 0 Å². The number of ketones is 1. The van der Waals surface area contributed by atoms with Crippen molar-refractivity contribution < 1.29 is 24.5 Å². The maximum Gasteiger partial charge on any atom is 0.189 e. The van der Waals surface area contributed by atoms with Crippen LogP contribution in [0.3, 0.4) is 0 Å².